The number of ether oxygens (including phenoxy) is 2. The van der Waals surface area contributed by atoms with Gasteiger partial charge in [-0.3, -0.25) is 4.79 Å². The molecule has 0 fully saturated rings. The van der Waals surface area contributed by atoms with Gasteiger partial charge in [-0.05, 0) is 32.0 Å². The maximum Gasteiger partial charge on any atom is 0.347 e. The van der Waals surface area contributed by atoms with Gasteiger partial charge in [-0.2, -0.15) is 0 Å². The van der Waals surface area contributed by atoms with Crippen LogP contribution in [-0.2, 0) is 14.3 Å². The van der Waals surface area contributed by atoms with Gasteiger partial charge in [0.05, 0.1) is 5.02 Å². The molecule has 0 aromatic heterocycles. The number of rotatable bonds is 5. The summed E-state index contributed by atoms with van der Waals surface area (Å²) >= 11 is 11.6. The first-order chi connectivity index (χ1) is 8.81. The van der Waals surface area contributed by atoms with Crippen molar-refractivity contribution in [2.24, 2.45) is 5.73 Å². The molecule has 19 heavy (non-hydrogen) atoms. The molecular formula is C12H13Cl2NO4. The number of carbonyl (C=O) groups excluding carboxylic acids is 2. The van der Waals surface area contributed by atoms with Crippen molar-refractivity contribution in [3.63, 3.8) is 0 Å². The third-order valence-corrected chi connectivity index (χ3v) is 2.75. The lowest BCUT2D eigenvalue weighted by atomic mass is 10.3. The summed E-state index contributed by atoms with van der Waals surface area (Å²) in [4.78, 5) is 22.4. The van der Waals surface area contributed by atoms with E-state index in [0.29, 0.717) is 10.8 Å². The van der Waals surface area contributed by atoms with E-state index >= 15 is 0 Å². The molecule has 0 bridgehead atoms. The molecular weight excluding hydrogens is 293 g/mol. The zero-order valence-electron chi connectivity index (χ0n) is 10.4. The molecule has 0 aliphatic carbocycles. The van der Waals surface area contributed by atoms with Crippen LogP contribution in [0.25, 0.3) is 0 Å². The molecule has 1 aromatic rings. The third-order valence-electron chi connectivity index (χ3n) is 2.22. The van der Waals surface area contributed by atoms with E-state index in [4.69, 9.17) is 38.4 Å². The molecule has 0 aliphatic heterocycles. The highest BCUT2D eigenvalue weighted by atomic mass is 35.5. The molecule has 0 saturated carbocycles. The molecule has 104 valence electrons. The zero-order valence-corrected chi connectivity index (χ0v) is 11.9. The van der Waals surface area contributed by atoms with Gasteiger partial charge >= 0.3 is 5.97 Å². The van der Waals surface area contributed by atoms with E-state index in [1.165, 1.54) is 26.0 Å². The summed E-state index contributed by atoms with van der Waals surface area (Å²) in [5, 5.41) is 0.727. The lowest BCUT2D eigenvalue weighted by Gasteiger charge is -2.16. The van der Waals surface area contributed by atoms with Gasteiger partial charge in [-0.25, -0.2) is 4.79 Å². The van der Waals surface area contributed by atoms with Gasteiger partial charge in [-0.15, -0.1) is 0 Å². The summed E-state index contributed by atoms with van der Waals surface area (Å²) in [6.45, 7) is 2.85. The maximum atomic E-state index is 11.6. The number of primary amides is 1. The Bertz CT molecular complexity index is 493. The lowest BCUT2D eigenvalue weighted by Crippen LogP contribution is -2.35. The average molecular weight is 306 g/mol. The Kier molecular flexibility index (Phi) is 5.44. The Morgan fingerprint density at radius 1 is 1.21 bits per heavy atom. The molecule has 0 unspecified atom stereocenters. The quantitative estimate of drug-likeness (QED) is 0.846. The molecule has 7 heteroatoms. The predicted molar refractivity (Wildman–Crippen MR) is 71.3 cm³/mol. The number of halogens is 2. The van der Waals surface area contributed by atoms with Crippen LogP contribution < -0.4 is 10.5 Å². The van der Waals surface area contributed by atoms with Crippen molar-refractivity contribution in [2.75, 3.05) is 0 Å². The highest BCUT2D eigenvalue weighted by Gasteiger charge is 2.22. The highest BCUT2D eigenvalue weighted by Crippen LogP contribution is 2.28. The van der Waals surface area contributed by atoms with Crippen molar-refractivity contribution < 1.29 is 19.1 Å². The van der Waals surface area contributed by atoms with Crippen LogP contribution in [0.4, 0.5) is 0 Å². The Balaban J connectivity index is 2.66. The molecule has 0 spiro atoms. The van der Waals surface area contributed by atoms with E-state index < -0.39 is 24.1 Å². The average Bonchev–Trinajstić information content (AvgIpc) is 2.32. The van der Waals surface area contributed by atoms with Gasteiger partial charge in [-0.1, -0.05) is 23.2 Å². The van der Waals surface area contributed by atoms with Crippen LogP contribution in [-0.4, -0.2) is 24.1 Å². The van der Waals surface area contributed by atoms with Crippen molar-refractivity contribution in [2.45, 2.75) is 26.1 Å². The Morgan fingerprint density at radius 2 is 1.84 bits per heavy atom. The van der Waals surface area contributed by atoms with E-state index in [9.17, 15) is 9.59 Å². The van der Waals surface area contributed by atoms with Crippen LogP contribution in [0.5, 0.6) is 5.75 Å². The van der Waals surface area contributed by atoms with Crippen molar-refractivity contribution in [1.82, 2.24) is 0 Å². The van der Waals surface area contributed by atoms with Crippen LogP contribution >= 0.6 is 23.2 Å². The van der Waals surface area contributed by atoms with Crippen LogP contribution in [0.15, 0.2) is 18.2 Å². The second-order valence-corrected chi connectivity index (χ2v) is 4.66. The summed E-state index contributed by atoms with van der Waals surface area (Å²) in [6, 6.07) is 4.60. The first kappa shape index (κ1) is 15.6. The van der Waals surface area contributed by atoms with Gasteiger partial charge in [0.15, 0.2) is 12.2 Å². The molecule has 0 aliphatic rings. The van der Waals surface area contributed by atoms with Gasteiger partial charge < -0.3 is 15.2 Å². The van der Waals surface area contributed by atoms with Gasteiger partial charge in [0, 0.05) is 5.02 Å². The molecule has 0 heterocycles. The SMILES string of the molecule is C[C@H](OC(=O)[C@@H](C)Oc1ccc(Cl)cc1Cl)C(N)=O. The number of benzene rings is 1. The summed E-state index contributed by atoms with van der Waals surface area (Å²) < 4.78 is 10.1. The van der Waals surface area contributed by atoms with Gasteiger partial charge in [0.1, 0.15) is 5.75 Å². The monoisotopic (exact) mass is 305 g/mol. The maximum absolute atomic E-state index is 11.6. The van der Waals surface area contributed by atoms with Crippen molar-refractivity contribution in [3.05, 3.63) is 28.2 Å². The van der Waals surface area contributed by atoms with Crippen LogP contribution in [0, 0.1) is 0 Å². The highest BCUT2D eigenvalue weighted by molar-refractivity contribution is 6.35. The minimum absolute atomic E-state index is 0.273. The van der Waals surface area contributed by atoms with Crippen LogP contribution in [0.3, 0.4) is 0 Å². The molecule has 0 saturated heterocycles. The molecule has 1 aromatic carbocycles. The Morgan fingerprint density at radius 3 is 2.37 bits per heavy atom. The second kappa shape index (κ2) is 6.63. The fourth-order valence-electron chi connectivity index (χ4n) is 1.14. The standard InChI is InChI=1S/C12H13Cl2NO4/c1-6(11(15)16)19-12(17)7(2)18-10-4-3-8(13)5-9(10)14/h3-7H,1-2H3,(H2,15,16)/t6-,7+/m0/s1. The molecule has 1 rings (SSSR count). The topological polar surface area (TPSA) is 78.6 Å². The molecule has 2 N–H and O–H groups in total. The number of hydrogen-bond donors (Lipinski definition) is 1. The van der Waals surface area contributed by atoms with E-state index in [0.717, 1.165) is 0 Å². The first-order valence-corrected chi connectivity index (χ1v) is 6.18. The third kappa shape index (κ3) is 4.61. The summed E-state index contributed by atoms with van der Waals surface area (Å²) in [6.07, 6.45) is -1.94. The van der Waals surface area contributed by atoms with E-state index in [-0.39, 0.29) is 5.02 Å². The number of nitrogens with two attached hydrogens (primary N) is 1. The molecule has 0 radical (unpaired) electrons. The number of carbonyl (C=O) groups is 2. The van der Waals surface area contributed by atoms with Crippen molar-refractivity contribution in [1.29, 1.82) is 0 Å². The van der Waals surface area contributed by atoms with Gasteiger partial charge in [0.2, 0.25) is 0 Å². The van der Waals surface area contributed by atoms with E-state index in [2.05, 4.69) is 0 Å². The summed E-state index contributed by atoms with van der Waals surface area (Å²) in [5.41, 5.74) is 4.98. The van der Waals surface area contributed by atoms with E-state index in [1.54, 1.807) is 6.07 Å². The molecule has 1 amide bonds. The smallest absolute Gasteiger partial charge is 0.347 e. The second-order valence-electron chi connectivity index (χ2n) is 3.82. The predicted octanol–water partition coefficient (Wildman–Crippen LogP) is 2.18. The van der Waals surface area contributed by atoms with Crippen LogP contribution in [0.2, 0.25) is 10.0 Å². The fraction of sp³-hybridized carbons (Fsp3) is 0.333. The Hall–Kier alpha value is -1.46. The number of esters is 1. The largest absolute Gasteiger partial charge is 0.477 e. The summed E-state index contributed by atoms with van der Waals surface area (Å²) in [7, 11) is 0. The molecule has 5 nitrogen and oxygen atoms in total. The van der Waals surface area contributed by atoms with Crippen molar-refractivity contribution in [3.8, 4) is 5.75 Å². The fourth-order valence-corrected chi connectivity index (χ4v) is 1.59. The lowest BCUT2D eigenvalue weighted by molar-refractivity contribution is -0.159. The van der Waals surface area contributed by atoms with Crippen LogP contribution in [0.1, 0.15) is 13.8 Å². The summed E-state index contributed by atoms with van der Waals surface area (Å²) in [5.74, 6) is -1.15. The first-order valence-electron chi connectivity index (χ1n) is 5.42. The normalized spacial score (nSPS) is 13.5. The van der Waals surface area contributed by atoms with E-state index in [1.807, 2.05) is 0 Å². The van der Waals surface area contributed by atoms with Gasteiger partial charge in [0.25, 0.3) is 5.91 Å². The number of hydrogen-bond acceptors (Lipinski definition) is 4. The Labute approximate surface area is 120 Å². The minimum Gasteiger partial charge on any atom is -0.477 e. The zero-order chi connectivity index (χ0) is 14.6. The van der Waals surface area contributed by atoms with Crippen molar-refractivity contribution >= 4 is 35.1 Å². The molecule has 2 atom stereocenters. The number of amides is 1. The minimum atomic E-state index is -1.01.